The number of anilines is 1. The van der Waals surface area contributed by atoms with Crippen LogP contribution < -0.4 is 5.32 Å². The molecule has 0 aliphatic carbocycles. The van der Waals surface area contributed by atoms with E-state index >= 15 is 0 Å². The highest BCUT2D eigenvalue weighted by atomic mass is 16.6. The molecule has 2 heterocycles. The Morgan fingerprint density at radius 1 is 1.23 bits per heavy atom. The summed E-state index contributed by atoms with van der Waals surface area (Å²) in [6.45, 7) is 0.961. The number of aromatic nitrogens is 3. The standard InChI is InChI=1S/C15H14N6O5/c1-9-10(8-22)6-12(20(23)24)14(15(9)21(25)26)17-7-11-2-4-16-13-3-5-18-19(11)13/h2-6,17,22H,7-8H2,1H3. The molecule has 2 aromatic heterocycles. The zero-order chi connectivity index (χ0) is 18.8. The minimum Gasteiger partial charge on any atom is -0.392 e. The number of aliphatic hydroxyl groups excluding tert-OH is 1. The summed E-state index contributed by atoms with van der Waals surface area (Å²) in [6, 6.07) is 4.48. The number of nitro groups is 2. The topological polar surface area (TPSA) is 149 Å². The summed E-state index contributed by atoms with van der Waals surface area (Å²) in [7, 11) is 0. The van der Waals surface area contributed by atoms with Gasteiger partial charge >= 0.3 is 5.69 Å². The van der Waals surface area contributed by atoms with Gasteiger partial charge in [0.25, 0.3) is 5.69 Å². The summed E-state index contributed by atoms with van der Waals surface area (Å²) in [6.07, 6.45) is 3.11. The van der Waals surface area contributed by atoms with E-state index in [4.69, 9.17) is 0 Å². The second kappa shape index (κ2) is 6.72. The average Bonchev–Trinajstić information content (AvgIpc) is 3.08. The molecule has 0 radical (unpaired) electrons. The van der Waals surface area contributed by atoms with Gasteiger partial charge in [0, 0.05) is 23.9 Å². The van der Waals surface area contributed by atoms with Crippen molar-refractivity contribution in [2.45, 2.75) is 20.1 Å². The zero-order valence-corrected chi connectivity index (χ0v) is 13.6. The highest BCUT2D eigenvalue weighted by Gasteiger charge is 2.30. The predicted octanol–water partition coefficient (Wildman–Crippen LogP) is 1.96. The maximum Gasteiger partial charge on any atom is 0.302 e. The zero-order valence-electron chi connectivity index (χ0n) is 13.6. The molecule has 2 N–H and O–H groups in total. The van der Waals surface area contributed by atoms with Gasteiger partial charge in [0.05, 0.1) is 34.9 Å². The second-order valence-electron chi connectivity index (χ2n) is 5.47. The Labute approximate surface area is 146 Å². The molecule has 0 atom stereocenters. The Bertz CT molecular complexity index is 1020. The minimum absolute atomic E-state index is 0.0558. The summed E-state index contributed by atoms with van der Waals surface area (Å²) in [5, 5.41) is 39.1. The summed E-state index contributed by atoms with van der Waals surface area (Å²) >= 11 is 0. The maximum atomic E-state index is 11.5. The van der Waals surface area contributed by atoms with Gasteiger partial charge in [0.2, 0.25) is 0 Å². The summed E-state index contributed by atoms with van der Waals surface area (Å²) in [4.78, 5) is 25.6. The summed E-state index contributed by atoms with van der Waals surface area (Å²) in [5.41, 5.74) is 0.377. The van der Waals surface area contributed by atoms with Gasteiger partial charge in [-0.2, -0.15) is 5.10 Å². The molecular weight excluding hydrogens is 344 g/mol. The first kappa shape index (κ1) is 17.2. The Hall–Kier alpha value is -3.60. The van der Waals surface area contributed by atoms with Gasteiger partial charge in [-0.1, -0.05) is 0 Å². The average molecular weight is 358 g/mol. The molecule has 0 bridgehead atoms. The number of benzene rings is 1. The van der Waals surface area contributed by atoms with E-state index in [1.807, 2.05) is 0 Å². The third-order valence-electron chi connectivity index (χ3n) is 4.01. The fourth-order valence-corrected chi connectivity index (χ4v) is 2.72. The molecule has 11 nitrogen and oxygen atoms in total. The molecule has 0 spiro atoms. The van der Waals surface area contributed by atoms with Crippen LogP contribution in [0.4, 0.5) is 17.1 Å². The molecule has 134 valence electrons. The number of nitrogens with zero attached hydrogens (tertiary/aromatic N) is 5. The number of fused-ring (bicyclic) bond motifs is 1. The Morgan fingerprint density at radius 2 is 2.00 bits per heavy atom. The normalized spacial score (nSPS) is 10.8. The first-order chi connectivity index (χ1) is 12.4. The lowest BCUT2D eigenvalue weighted by Crippen LogP contribution is -2.11. The van der Waals surface area contributed by atoms with Gasteiger partial charge in [-0.15, -0.1) is 0 Å². The Balaban J connectivity index is 2.08. The molecule has 0 amide bonds. The van der Waals surface area contributed by atoms with Crippen LogP contribution >= 0.6 is 0 Å². The number of hydrogen-bond donors (Lipinski definition) is 2. The highest BCUT2D eigenvalue weighted by Crippen LogP contribution is 2.39. The number of rotatable bonds is 6. The SMILES string of the molecule is Cc1c(CO)cc([N+](=O)[O-])c(NCc2ccnc3ccnn23)c1[N+](=O)[O-]. The van der Waals surface area contributed by atoms with Crippen LogP contribution in [0.15, 0.2) is 30.6 Å². The minimum atomic E-state index is -0.718. The molecule has 26 heavy (non-hydrogen) atoms. The monoisotopic (exact) mass is 358 g/mol. The van der Waals surface area contributed by atoms with Crippen molar-refractivity contribution >= 4 is 22.7 Å². The van der Waals surface area contributed by atoms with E-state index in [0.717, 1.165) is 6.07 Å². The Kier molecular flexibility index (Phi) is 4.45. The first-order valence-corrected chi connectivity index (χ1v) is 7.51. The number of aliphatic hydroxyl groups is 1. The van der Waals surface area contributed by atoms with Crippen molar-refractivity contribution in [3.8, 4) is 0 Å². The van der Waals surface area contributed by atoms with Crippen LogP contribution in [-0.2, 0) is 13.2 Å². The van der Waals surface area contributed by atoms with Gasteiger partial charge < -0.3 is 10.4 Å². The summed E-state index contributed by atoms with van der Waals surface area (Å²) < 4.78 is 1.53. The molecular formula is C15H14N6O5. The van der Waals surface area contributed by atoms with E-state index in [-0.39, 0.29) is 23.4 Å². The fourth-order valence-electron chi connectivity index (χ4n) is 2.72. The third-order valence-corrected chi connectivity index (χ3v) is 4.01. The quantitative estimate of drug-likeness (QED) is 0.501. The first-order valence-electron chi connectivity index (χ1n) is 7.51. The molecule has 3 rings (SSSR count). The van der Waals surface area contributed by atoms with Gasteiger partial charge in [-0.3, -0.25) is 20.2 Å². The van der Waals surface area contributed by atoms with E-state index in [1.54, 1.807) is 24.5 Å². The van der Waals surface area contributed by atoms with Crippen LogP contribution in [0.25, 0.3) is 5.65 Å². The van der Waals surface area contributed by atoms with E-state index in [0.29, 0.717) is 11.3 Å². The van der Waals surface area contributed by atoms with Crippen molar-refractivity contribution in [1.82, 2.24) is 14.6 Å². The molecule has 0 aliphatic rings. The van der Waals surface area contributed by atoms with E-state index in [9.17, 15) is 25.3 Å². The molecule has 0 aliphatic heterocycles. The lowest BCUT2D eigenvalue weighted by molar-refractivity contribution is -0.392. The highest BCUT2D eigenvalue weighted by molar-refractivity contribution is 5.77. The van der Waals surface area contributed by atoms with Crippen LogP contribution in [0.5, 0.6) is 0 Å². The van der Waals surface area contributed by atoms with Gasteiger partial charge in [-0.05, 0) is 18.6 Å². The third kappa shape index (κ3) is 2.91. The van der Waals surface area contributed by atoms with E-state index in [2.05, 4.69) is 15.4 Å². The molecule has 1 aromatic carbocycles. The van der Waals surface area contributed by atoms with Crippen molar-refractivity contribution in [3.63, 3.8) is 0 Å². The molecule has 11 heteroatoms. The van der Waals surface area contributed by atoms with Crippen molar-refractivity contribution < 1.29 is 15.0 Å². The van der Waals surface area contributed by atoms with Crippen LogP contribution in [0.3, 0.4) is 0 Å². The van der Waals surface area contributed by atoms with Crippen molar-refractivity contribution in [1.29, 1.82) is 0 Å². The van der Waals surface area contributed by atoms with Crippen LogP contribution in [0.1, 0.15) is 16.8 Å². The van der Waals surface area contributed by atoms with E-state index in [1.165, 1.54) is 11.4 Å². The van der Waals surface area contributed by atoms with Crippen molar-refractivity contribution in [2.75, 3.05) is 5.32 Å². The number of nitro benzene ring substituents is 2. The molecule has 3 aromatic rings. The number of nitrogens with one attached hydrogen (secondary N) is 1. The van der Waals surface area contributed by atoms with Crippen LogP contribution in [0, 0.1) is 27.2 Å². The second-order valence-corrected chi connectivity index (χ2v) is 5.47. The molecule has 0 fully saturated rings. The maximum absolute atomic E-state index is 11.5. The number of hydrogen-bond acceptors (Lipinski definition) is 8. The van der Waals surface area contributed by atoms with Gasteiger partial charge in [0.1, 0.15) is 0 Å². The predicted molar refractivity (Wildman–Crippen MR) is 90.7 cm³/mol. The lowest BCUT2D eigenvalue weighted by atomic mass is 10.0. The fraction of sp³-hybridized carbons (Fsp3) is 0.200. The van der Waals surface area contributed by atoms with E-state index < -0.39 is 27.8 Å². The summed E-state index contributed by atoms with van der Waals surface area (Å²) in [5.74, 6) is 0. The molecule has 0 saturated carbocycles. The lowest BCUT2D eigenvalue weighted by Gasteiger charge is -2.12. The smallest absolute Gasteiger partial charge is 0.302 e. The molecule has 0 unspecified atom stereocenters. The van der Waals surface area contributed by atoms with Gasteiger partial charge in [-0.25, -0.2) is 9.50 Å². The van der Waals surface area contributed by atoms with Crippen LogP contribution in [0.2, 0.25) is 0 Å². The largest absolute Gasteiger partial charge is 0.392 e. The molecule has 0 saturated heterocycles. The Morgan fingerprint density at radius 3 is 2.65 bits per heavy atom. The van der Waals surface area contributed by atoms with Gasteiger partial charge in [0.15, 0.2) is 11.3 Å². The van der Waals surface area contributed by atoms with Crippen molar-refractivity contribution in [2.24, 2.45) is 0 Å². The van der Waals surface area contributed by atoms with Crippen molar-refractivity contribution in [3.05, 3.63) is 67.6 Å². The van der Waals surface area contributed by atoms with Crippen LogP contribution in [-0.4, -0.2) is 29.6 Å².